The molecule has 5 heterocycles. The van der Waals surface area contributed by atoms with Gasteiger partial charge in [-0.3, -0.25) is 19.6 Å². The number of nitrogens with one attached hydrogen (secondary N) is 3. The van der Waals surface area contributed by atoms with Crippen molar-refractivity contribution in [3.05, 3.63) is 42.0 Å². The summed E-state index contributed by atoms with van der Waals surface area (Å²) in [6.07, 6.45) is 9.41. The lowest BCUT2D eigenvalue weighted by Gasteiger charge is -2.56. The van der Waals surface area contributed by atoms with Gasteiger partial charge >= 0.3 is 0 Å². The molecule has 2 aromatic heterocycles. The Morgan fingerprint density at radius 3 is 3.00 bits per heavy atom. The molecule has 2 aromatic rings. The van der Waals surface area contributed by atoms with Gasteiger partial charge in [0, 0.05) is 56.6 Å². The first kappa shape index (κ1) is 18.4. The summed E-state index contributed by atoms with van der Waals surface area (Å²) in [4.78, 5) is 32.9. The number of amides is 2. The number of fused-ring (bicyclic) bond motifs is 4. The summed E-state index contributed by atoms with van der Waals surface area (Å²) in [6.45, 7) is 3.36. The summed E-state index contributed by atoms with van der Waals surface area (Å²) in [6, 6.07) is 3.95. The van der Waals surface area contributed by atoms with Crippen LogP contribution in [0.4, 0.5) is 0 Å². The van der Waals surface area contributed by atoms with E-state index in [4.69, 9.17) is 0 Å². The number of piperidine rings is 3. The maximum atomic E-state index is 12.9. The fourth-order valence-corrected chi connectivity index (χ4v) is 5.65. The molecule has 3 saturated heterocycles. The summed E-state index contributed by atoms with van der Waals surface area (Å²) in [5.74, 6) is 1.05. The standard InChI is InChI=1S/C21H28N6O2/c28-20-5-1-4-18-15-7-16(13-26(12-15)11-14-8-24-25-9-14)19(27(18)20)10-23-21(29)17-3-2-6-22-17/h2-3,6,8-9,15-16,18-19,22H,1,4-5,7,10-13H2,(H,23,29)(H,24,25)/t15-,16+,18+,19+/m1/s1. The third kappa shape index (κ3) is 3.57. The quantitative estimate of drug-likeness (QED) is 0.711. The third-order valence-electron chi connectivity index (χ3n) is 6.85. The molecule has 0 saturated carbocycles. The van der Waals surface area contributed by atoms with E-state index in [9.17, 15) is 9.59 Å². The molecule has 2 amide bonds. The number of carbonyl (C=O) groups excluding carboxylic acids is 2. The molecule has 4 atom stereocenters. The smallest absolute Gasteiger partial charge is 0.267 e. The number of aromatic amines is 2. The molecule has 0 spiro atoms. The van der Waals surface area contributed by atoms with Crippen LogP contribution in [0.15, 0.2) is 30.7 Å². The molecule has 0 unspecified atom stereocenters. The number of hydrogen-bond donors (Lipinski definition) is 3. The van der Waals surface area contributed by atoms with Crippen molar-refractivity contribution in [1.82, 2.24) is 30.3 Å². The van der Waals surface area contributed by atoms with Crippen LogP contribution < -0.4 is 5.32 Å². The highest BCUT2D eigenvalue weighted by atomic mass is 16.2. The van der Waals surface area contributed by atoms with E-state index in [0.29, 0.717) is 36.5 Å². The molecule has 2 bridgehead atoms. The van der Waals surface area contributed by atoms with Gasteiger partial charge < -0.3 is 15.2 Å². The molecule has 5 rings (SSSR count). The Morgan fingerprint density at radius 1 is 1.31 bits per heavy atom. The number of H-pyrrole nitrogens is 2. The minimum absolute atomic E-state index is 0.0649. The van der Waals surface area contributed by atoms with Gasteiger partial charge in [-0.1, -0.05) is 0 Å². The van der Waals surface area contributed by atoms with Gasteiger partial charge in [-0.2, -0.15) is 5.10 Å². The molecule has 3 fully saturated rings. The van der Waals surface area contributed by atoms with Crippen molar-refractivity contribution in [2.24, 2.45) is 11.8 Å². The van der Waals surface area contributed by atoms with Crippen LogP contribution >= 0.6 is 0 Å². The van der Waals surface area contributed by atoms with Crippen LogP contribution in [0.1, 0.15) is 41.7 Å². The number of likely N-dealkylation sites (tertiary alicyclic amines) is 1. The van der Waals surface area contributed by atoms with E-state index < -0.39 is 0 Å². The lowest BCUT2D eigenvalue weighted by Crippen LogP contribution is -2.67. The summed E-state index contributed by atoms with van der Waals surface area (Å²) in [5, 5.41) is 10.0. The zero-order valence-corrected chi connectivity index (χ0v) is 16.5. The molecule has 0 aliphatic carbocycles. The predicted molar refractivity (Wildman–Crippen MR) is 107 cm³/mol. The Labute approximate surface area is 170 Å². The maximum Gasteiger partial charge on any atom is 0.267 e. The molecule has 154 valence electrons. The highest BCUT2D eigenvalue weighted by Crippen LogP contribution is 2.41. The molecule has 0 radical (unpaired) electrons. The van der Waals surface area contributed by atoms with Gasteiger partial charge in [0.1, 0.15) is 5.69 Å². The minimum Gasteiger partial charge on any atom is -0.357 e. The SMILES string of the molecule is O=C(NC[C@H]1[C@H]2C[C@H](CN(Cc3cn[nH]c3)C2)[C@@H]2CCCC(=O)N21)c1ccc[nH]1. The zero-order chi connectivity index (χ0) is 19.8. The van der Waals surface area contributed by atoms with Gasteiger partial charge in [0.05, 0.1) is 12.2 Å². The molecule has 3 aliphatic heterocycles. The molecular weight excluding hydrogens is 368 g/mol. The monoisotopic (exact) mass is 396 g/mol. The zero-order valence-electron chi connectivity index (χ0n) is 16.5. The number of aromatic nitrogens is 3. The predicted octanol–water partition coefficient (Wildman–Crippen LogP) is 1.37. The molecule has 8 heteroatoms. The van der Waals surface area contributed by atoms with Crippen molar-refractivity contribution in [1.29, 1.82) is 0 Å². The topological polar surface area (TPSA) is 97.1 Å². The lowest BCUT2D eigenvalue weighted by molar-refractivity contribution is -0.152. The molecule has 29 heavy (non-hydrogen) atoms. The van der Waals surface area contributed by atoms with Crippen molar-refractivity contribution in [2.45, 2.75) is 44.3 Å². The Bertz CT molecular complexity index is 849. The minimum atomic E-state index is -0.107. The van der Waals surface area contributed by atoms with Crippen LogP contribution in [0.25, 0.3) is 0 Å². The average molecular weight is 396 g/mol. The van der Waals surface area contributed by atoms with Crippen LogP contribution in [0.2, 0.25) is 0 Å². The maximum absolute atomic E-state index is 12.9. The Kier molecular flexibility index (Phi) is 4.87. The summed E-state index contributed by atoms with van der Waals surface area (Å²) >= 11 is 0. The van der Waals surface area contributed by atoms with Crippen LogP contribution in [-0.2, 0) is 11.3 Å². The molecule has 3 N–H and O–H groups in total. The van der Waals surface area contributed by atoms with Crippen LogP contribution in [0.3, 0.4) is 0 Å². The summed E-state index contributed by atoms with van der Waals surface area (Å²) in [7, 11) is 0. The number of nitrogens with zero attached hydrogens (tertiary/aromatic N) is 3. The van der Waals surface area contributed by atoms with Crippen molar-refractivity contribution >= 4 is 11.8 Å². The first-order chi connectivity index (χ1) is 14.2. The van der Waals surface area contributed by atoms with Gasteiger partial charge in [0.15, 0.2) is 0 Å². The van der Waals surface area contributed by atoms with Gasteiger partial charge in [-0.15, -0.1) is 0 Å². The first-order valence-corrected chi connectivity index (χ1v) is 10.6. The van der Waals surface area contributed by atoms with E-state index >= 15 is 0 Å². The molecule has 8 nitrogen and oxygen atoms in total. The largest absolute Gasteiger partial charge is 0.357 e. The van der Waals surface area contributed by atoms with Gasteiger partial charge in [0.2, 0.25) is 5.91 Å². The van der Waals surface area contributed by atoms with Crippen LogP contribution in [-0.4, -0.2) is 68.5 Å². The third-order valence-corrected chi connectivity index (χ3v) is 6.85. The average Bonchev–Trinajstić information content (AvgIpc) is 3.42. The highest BCUT2D eigenvalue weighted by Gasteiger charge is 2.49. The Morgan fingerprint density at radius 2 is 2.21 bits per heavy atom. The van der Waals surface area contributed by atoms with Crippen molar-refractivity contribution in [3.63, 3.8) is 0 Å². The van der Waals surface area contributed by atoms with E-state index in [1.54, 1.807) is 12.3 Å². The highest BCUT2D eigenvalue weighted by molar-refractivity contribution is 5.92. The second-order valence-corrected chi connectivity index (χ2v) is 8.68. The van der Waals surface area contributed by atoms with Gasteiger partial charge in [-0.25, -0.2) is 0 Å². The second-order valence-electron chi connectivity index (χ2n) is 8.68. The van der Waals surface area contributed by atoms with Gasteiger partial charge in [0.25, 0.3) is 5.91 Å². The van der Waals surface area contributed by atoms with E-state index in [1.165, 1.54) is 5.56 Å². The normalized spacial score (nSPS) is 29.5. The number of carbonyl (C=O) groups is 2. The van der Waals surface area contributed by atoms with Crippen LogP contribution in [0, 0.1) is 11.8 Å². The van der Waals surface area contributed by atoms with E-state index in [2.05, 4.69) is 30.3 Å². The lowest BCUT2D eigenvalue weighted by atomic mass is 9.72. The fraction of sp³-hybridized carbons (Fsp3) is 0.571. The van der Waals surface area contributed by atoms with Crippen molar-refractivity contribution in [2.75, 3.05) is 19.6 Å². The fourth-order valence-electron chi connectivity index (χ4n) is 5.65. The first-order valence-electron chi connectivity index (χ1n) is 10.6. The molecule has 0 aromatic carbocycles. The number of rotatable bonds is 5. The Hall–Kier alpha value is -2.61. The molecular formula is C21H28N6O2. The van der Waals surface area contributed by atoms with E-state index in [1.807, 2.05) is 18.5 Å². The van der Waals surface area contributed by atoms with Crippen molar-refractivity contribution < 1.29 is 9.59 Å². The molecule has 3 aliphatic rings. The Balaban J connectivity index is 1.34. The number of hydrogen-bond acceptors (Lipinski definition) is 4. The summed E-state index contributed by atoms with van der Waals surface area (Å²) < 4.78 is 0. The van der Waals surface area contributed by atoms with E-state index in [0.717, 1.165) is 38.9 Å². The second kappa shape index (κ2) is 7.67. The van der Waals surface area contributed by atoms with Gasteiger partial charge in [-0.05, 0) is 43.2 Å². The van der Waals surface area contributed by atoms with E-state index in [-0.39, 0.29) is 17.9 Å². The van der Waals surface area contributed by atoms with Crippen molar-refractivity contribution in [3.8, 4) is 0 Å². The summed E-state index contributed by atoms with van der Waals surface area (Å²) in [5.41, 5.74) is 1.75. The van der Waals surface area contributed by atoms with Crippen LogP contribution in [0.5, 0.6) is 0 Å².